The van der Waals surface area contributed by atoms with Gasteiger partial charge in [-0.1, -0.05) is 0 Å². The number of nitrogens with two attached hydrogens (primary N) is 1. The molecule has 1 aliphatic carbocycles. The molecule has 110 valence electrons. The quantitative estimate of drug-likeness (QED) is 0.860. The third-order valence-corrected chi connectivity index (χ3v) is 4.92. The van der Waals surface area contributed by atoms with E-state index in [2.05, 4.69) is 15.7 Å². The van der Waals surface area contributed by atoms with Crippen molar-refractivity contribution in [3.05, 3.63) is 16.1 Å². The van der Waals surface area contributed by atoms with Crippen molar-refractivity contribution < 1.29 is 9.53 Å². The van der Waals surface area contributed by atoms with Crippen molar-refractivity contribution in [3.8, 4) is 0 Å². The fraction of sp³-hybridized carbons (Fsp3) is 0.714. The van der Waals surface area contributed by atoms with Crippen molar-refractivity contribution in [2.45, 2.75) is 44.2 Å². The number of carbonyl (C=O) groups is 1. The molecule has 1 saturated carbocycles. The third-order valence-electron chi connectivity index (χ3n) is 4.06. The van der Waals surface area contributed by atoms with E-state index in [1.807, 2.05) is 0 Å². The van der Waals surface area contributed by atoms with Gasteiger partial charge in [-0.25, -0.2) is 4.98 Å². The maximum atomic E-state index is 12.1. The number of hydrogen-bond acceptors (Lipinski definition) is 5. The summed E-state index contributed by atoms with van der Waals surface area (Å²) in [4.78, 5) is 16.6. The molecule has 0 aromatic carbocycles. The summed E-state index contributed by atoms with van der Waals surface area (Å²) in [5.41, 5.74) is 7.22. The van der Waals surface area contributed by atoms with E-state index in [0.29, 0.717) is 25.7 Å². The van der Waals surface area contributed by atoms with Gasteiger partial charge in [0.05, 0.1) is 18.3 Å². The molecule has 3 rings (SSSR count). The Bertz CT molecular complexity index is 467. The van der Waals surface area contributed by atoms with Crippen LogP contribution in [0, 0.1) is 5.92 Å². The van der Waals surface area contributed by atoms with Gasteiger partial charge in [0.2, 0.25) is 5.91 Å². The van der Waals surface area contributed by atoms with Gasteiger partial charge in [0, 0.05) is 24.5 Å². The maximum Gasteiger partial charge on any atom is 0.237 e. The van der Waals surface area contributed by atoms with Crippen molar-refractivity contribution >= 4 is 17.2 Å². The third kappa shape index (κ3) is 3.37. The molecule has 2 fully saturated rings. The summed E-state index contributed by atoms with van der Waals surface area (Å²) in [7, 11) is 0. The number of carbonyl (C=O) groups excluding carboxylic acids is 1. The monoisotopic (exact) mass is 295 g/mol. The van der Waals surface area contributed by atoms with Gasteiger partial charge in [-0.2, -0.15) is 0 Å². The van der Waals surface area contributed by atoms with Crippen molar-refractivity contribution in [1.82, 2.24) is 10.3 Å². The Morgan fingerprint density at radius 2 is 2.20 bits per heavy atom. The van der Waals surface area contributed by atoms with Gasteiger partial charge in [-0.05, 0) is 31.6 Å². The lowest BCUT2D eigenvalue weighted by molar-refractivity contribution is -0.124. The fourth-order valence-corrected chi connectivity index (χ4v) is 3.36. The zero-order valence-corrected chi connectivity index (χ0v) is 12.3. The second kappa shape index (κ2) is 6.20. The van der Waals surface area contributed by atoms with Crippen LogP contribution in [0.25, 0.3) is 0 Å². The van der Waals surface area contributed by atoms with Gasteiger partial charge >= 0.3 is 0 Å². The Hall–Kier alpha value is -0.980. The normalized spacial score (nSPS) is 21.6. The molecule has 1 unspecified atom stereocenters. The molecule has 2 aliphatic rings. The molecule has 1 atom stereocenters. The summed E-state index contributed by atoms with van der Waals surface area (Å²) in [6.45, 7) is 1.92. The second-order valence-corrected chi connectivity index (χ2v) is 6.58. The number of rotatable bonds is 5. The molecule has 1 aliphatic heterocycles. The highest BCUT2D eigenvalue weighted by atomic mass is 32.1. The zero-order chi connectivity index (χ0) is 13.9. The zero-order valence-electron chi connectivity index (χ0n) is 11.5. The summed E-state index contributed by atoms with van der Waals surface area (Å²) in [6.07, 6.45) is 4.25. The standard InChI is InChI=1S/C14H21N3O2S/c15-13(10-3-5-19-6-4-10)14(18)16-7-12-17-11(8-20-12)9-1-2-9/h8-10,13H,1-7,15H2,(H,16,18). The molecular formula is C14H21N3O2S. The van der Waals surface area contributed by atoms with Gasteiger partial charge in [-0.15, -0.1) is 11.3 Å². The topological polar surface area (TPSA) is 77.2 Å². The van der Waals surface area contributed by atoms with Gasteiger partial charge in [0.1, 0.15) is 5.01 Å². The average Bonchev–Trinajstić information content (AvgIpc) is 3.24. The Balaban J connectivity index is 1.47. The van der Waals surface area contributed by atoms with Crippen molar-refractivity contribution in [2.75, 3.05) is 13.2 Å². The molecule has 20 heavy (non-hydrogen) atoms. The van der Waals surface area contributed by atoms with Crippen LogP contribution in [0.15, 0.2) is 5.38 Å². The number of thiazole rings is 1. The van der Waals surface area contributed by atoms with Crippen LogP contribution in [0.4, 0.5) is 0 Å². The second-order valence-electron chi connectivity index (χ2n) is 5.63. The predicted octanol–water partition coefficient (Wildman–Crippen LogP) is 1.39. The van der Waals surface area contributed by atoms with Crippen LogP contribution >= 0.6 is 11.3 Å². The van der Waals surface area contributed by atoms with E-state index in [-0.39, 0.29) is 11.8 Å². The number of ether oxygens (including phenoxy) is 1. The van der Waals surface area contributed by atoms with Crippen LogP contribution in [-0.2, 0) is 16.1 Å². The first kappa shape index (κ1) is 14.0. The van der Waals surface area contributed by atoms with Crippen molar-refractivity contribution in [3.63, 3.8) is 0 Å². The van der Waals surface area contributed by atoms with E-state index >= 15 is 0 Å². The minimum atomic E-state index is -0.429. The van der Waals surface area contributed by atoms with Crippen molar-refractivity contribution in [2.24, 2.45) is 11.7 Å². The molecule has 0 radical (unpaired) electrons. The molecule has 1 aromatic rings. The van der Waals surface area contributed by atoms with E-state index in [0.717, 1.165) is 17.8 Å². The summed E-state index contributed by atoms with van der Waals surface area (Å²) >= 11 is 1.62. The van der Waals surface area contributed by atoms with Crippen LogP contribution in [-0.4, -0.2) is 30.1 Å². The highest BCUT2D eigenvalue weighted by molar-refractivity contribution is 7.09. The maximum absolute atomic E-state index is 12.1. The minimum absolute atomic E-state index is 0.0694. The SMILES string of the molecule is NC(C(=O)NCc1nc(C2CC2)cs1)C1CCOCC1. The number of hydrogen-bond donors (Lipinski definition) is 2. The van der Waals surface area contributed by atoms with Gasteiger partial charge in [0.15, 0.2) is 0 Å². The molecule has 2 heterocycles. The van der Waals surface area contributed by atoms with Crippen LogP contribution in [0.5, 0.6) is 0 Å². The Kier molecular flexibility index (Phi) is 4.33. The smallest absolute Gasteiger partial charge is 0.237 e. The molecule has 6 heteroatoms. The fourth-order valence-electron chi connectivity index (χ4n) is 2.54. The number of aromatic nitrogens is 1. The minimum Gasteiger partial charge on any atom is -0.381 e. The first-order chi connectivity index (χ1) is 9.74. The molecule has 5 nitrogen and oxygen atoms in total. The lowest BCUT2D eigenvalue weighted by Crippen LogP contribution is -2.46. The molecule has 0 spiro atoms. The molecule has 3 N–H and O–H groups in total. The van der Waals surface area contributed by atoms with Crippen LogP contribution in [0.3, 0.4) is 0 Å². The highest BCUT2D eigenvalue weighted by Gasteiger charge is 2.27. The van der Waals surface area contributed by atoms with E-state index < -0.39 is 6.04 Å². The van der Waals surface area contributed by atoms with Gasteiger partial charge in [-0.3, -0.25) is 4.79 Å². The average molecular weight is 295 g/mol. The van der Waals surface area contributed by atoms with Crippen LogP contribution < -0.4 is 11.1 Å². The first-order valence-corrected chi connectivity index (χ1v) is 8.17. The lowest BCUT2D eigenvalue weighted by Gasteiger charge is -2.26. The number of nitrogens with zero attached hydrogens (tertiary/aromatic N) is 1. The van der Waals surface area contributed by atoms with E-state index in [4.69, 9.17) is 10.5 Å². The van der Waals surface area contributed by atoms with Crippen molar-refractivity contribution in [1.29, 1.82) is 0 Å². The summed E-state index contributed by atoms with van der Waals surface area (Å²) in [5.74, 6) is 0.835. The Morgan fingerprint density at radius 1 is 1.45 bits per heavy atom. The Morgan fingerprint density at radius 3 is 2.90 bits per heavy atom. The molecule has 1 amide bonds. The van der Waals surface area contributed by atoms with Gasteiger partial charge < -0.3 is 15.8 Å². The highest BCUT2D eigenvalue weighted by Crippen LogP contribution is 2.40. The van der Waals surface area contributed by atoms with E-state index in [1.165, 1.54) is 18.5 Å². The predicted molar refractivity (Wildman–Crippen MR) is 77.5 cm³/mol. The summed E-state index contributed by atoms with van der Waals surface area (Å²) < 4.78 is 5.29. The molecular weight excluding hydrogens is 274 g/mol. The van der Waals surface area contributed by atoms with Gasteiger partial charge in [0.25, 0.3) is 0 Å². The summed E-state index contributed by atoms with van der Waals surface area (Å²) in [5, 5.41) is 5.99. The molecule has 1 aromatic heterocycles. The Labute approximate surface area is 122 Å². The van der Waals surface area contributed by atoms with Crippen LogP contribution in [0.2, 0.25) is 0 Å². The largest absolute Gasteiger partial charge is 0.381 e. The number of nitrogens with one attached hydrogen (secondary N) is 1. The lowest BCUT2D eigenvalue weighted by atomic mass is 9.92. The van der Waals surface area contributed by atoms with E-state index in [9.17, 15) is 4.79 Å². The molecule has 1 saturated heterocycles. The first-order valence-electron chi connectivity index (χ1n) is 7.29. The van der Waals surface area contributed by atoms with Crippen LogP contribution in [0.1, 0.15) is 42.3 Å². The number of amides is 1. The summed E-state index contributed by atoms with van der Waals surface area (Å²) in [6, 6.07) is -0.429. The molecule has 0 bridgehead atoms. The van der Waals surface area contributed by atoms with E-state index in [1.54, 1.807) is 11.3 Å².